The number of amides is 1. The lowest BCUT2D eigenvalue weighted by atomic mass is 10.0. The van der Waals surface area contributed by atoms with Crippen LogP contribution in [0.15, 0.2) is 53.6 Å². The van der Waals surface area contributed by atoms with Crippen LogP contribution in [0.1, 0.15) is 32.7 Å². The maximum absolute atomic E-state index is 13.0. The predicted octanol–water partition coefficient (Wildman–Crippen LogP) is 5.38. The lowest BCUT2D eigenvalue weighted by Gasteiger charge is -2.17. The maximum atomic E-state index is 13.0. The number of hydrogen-bond acceptors (Lipinski definition) is 4. The number of aryl methyl sites for hydroxylation is 1. The molecular formula is C22H16ClF3N2O3S. The molecule has 0 aliphatic carbocycles. The zero-order valence-corrected chi connectivity index (χ0v) is 18.4. The van der Waals surface area contributed by atoms with Crippen LogP contribution in [0.2, 0.25) is 5.02 Å². The van der Waals surface area contributed by atoms with Crippen molar-refractivity contribution in [3.8, 4) is 11.1 Å². The Morgan fingerprint density at radius 3 is 2.41 bits per heavy atom. The van der Waals surface area contributed by atoms with Crippen LogP contribution in [0.4, 0.5) is 13.2 Å². The van der Waals surface area contributed by atoms with E-state index in [4.69, 9.17) is 11.6 Å². The van der Waals surface area contributed by atoms with Crippen LogP contribution in [0, 0.1) is 13.8 Å². The summed E-state index contributed by atoms with van der Waals surface area (Å²) in [5, 5.41) is -0.159. The molecule has 2 heterocycles. The predicted molar refractivity (Wildman–Crippen MR) is 113 cm³/mol. The number of benzene rings is 2. The monoisotopic (exact) mass is 480 g/mol. The molecule has 1 amide bonds. The van der Waals surface area contributed by atoms with Gasteiger partial charge < -0.3 is 0 Å². The standard InChI is InChI=1S/C22H16ClF3N2O3S/c1-12-13(2)27-8-7-15(12)11-28-21(29)18-9-14(3-6-20(18)32(28,30)31)17-5-4-16(10-19(17)23)22(24,25)26/h3-10H,11H2,1-2H3. The molecule has 0 saturated heterocycles. The summed E-state index contributed by atoms with van der Waals surface area (Å²) in [5.41, 5.74) is 1.79. The van der Waals surface area contributed by atoms with E-state index in [1.54, 1.807) is 26.1 Å². The maximum Gasteiger partial charge on any atom is 0.416 e. The van der Waals surface area contributed by atoms with Crippen molar-refractivity contribution < 1.29 is 26.4 Å². The van der Waals surface area contributed by atoms with Gasteiger partial charge in [-0.05, 0) is 60.9 Å². The summed E-state index contributed by atoms with van der Waals surface area (Å²) in [4.78, 5) is 17.0. The summed E-state index contributed by atoms with van der Waals surface area (Å²) in [5.74, 6) is -0.709. The molecule has 0 bridgehead atoms. The summed E-state index contributed by atoms with van der Waals surface area (Å²) < 4.78 is 65.5. The van der Waals surface area contributed by atoms with Crippen LogP contribution >= 0.6 is 11.6 Å². The summed E-state index contributed by atoms with van der Waals surface area (Å²) in [7, 11) is -4.08. The number of rotatable bonds is 3. The fraction of sp³-hybridized carbons (Fsp3) is 0.182. The van der Waals surface area contributed by atoms with Gasteiger partial charge in [-0.1, -0.05) is 23.7 Å². The summed E-state index contributed by atoms with van der Waals surface area (Å²) in [6.45, 7) is 3.43. The number of sulfonamides is 1. The van der Waals surface area contributed by atoms with Gasteiger partial charge in [0.15, 0.2) is 0 Å². The summed E-state index contributed by atoms with van der Waals surface area (Å²) >= 11 is 6.06. The number of alkyl halides is 3. The molecule has 5 nitrogen and oxygen atoms in total. The van der Waals surface area contributed by atoms with E-state index in [1.165, 1.54) is 24.3 Å². The minimum absolute atomic E-state index is 0.0538. The summed E-state index contributed by atoms with van der Waals surface area (Å²) in [6.07, 6.45) is -3.00. The third kappa shape index (κ3) is 3.65. The van der Waals surface area contributed by atoms with E-state index in [0.717, 1.165) is 27.7 Å². The van der Waals surface area contributed by atoms with Crippen molar-refractivity contribution in [1.82, 2.24) is 9.29 Å². The minimum atomic E-state index is -4.55. The molecule has 0 radical (unpaired) electrons. The average molecular weight is 481 g/mol. The molecule has 0 spiro atoms. The smallest absolute Gasteiger partial charge is 0.268 e. The Bertz CT molecular complexity index is 1370. The zero-order chi connectivity index (χ0) is 23.4. The van der Waals surface area contributed by atoms with E-state index in [0.29, 0.717) is 11.1 Å². The van der Waals surface area contributed by atoms with E-state index in [1.807, 2.05) is 0 Å². The van der Waals surface area contributed by atoms with Gasteiger partial charge in [0.25, 0.3) is 15.9 Å². The number of carbonyl (C=O) groups excluding carboxylic acids is 1. The number of halogens is 4. The van der Waals surface area contributed by atoms with Crippen LogP contribution in [0.25, 0.3) is 11.1 Å². The van der Waals surface area contributed by atoms with Gasteiger partial charge in [0.1, 0.15) is 4.90 Å². The second-order valence-electron chi connectivity index (χ2n) is 7.40. The van der Waals surface area contributed by atoms with Crippen molar-refractivity contribution in [2.75, 3.05) is 0 Å². The van der Waals surface area contributed by atoms with Gasteiger partial charge in [0.2, 0.25) is 0 Å². The molecule has 2 aromatic carbocycles. The average Bonchev–Trinajstić information content (AvgIpc) is 2.90. The number of carbonyl (C=O) groups is 1. The molecule has 32 heavy (non-hydrogen) atoms. The molecule has 0 fully saturated rings. The lowest BCUT2D eigenvalue weighted by Crippen LogP contribution is -2.29. The quantitative estimate of drug-likeness (QED) is 0.504. The topological polar surface area (TPSA) is 67.3 Å². The molecule has 166 valence electrons. The molecule has 1 aromatic heterocycles. The van der Waals surface area contributed by atoms with Crippen LogP contribution in [0.5, 0.6) is 0 Å². The molecule has 0 unspecified atom stereocenters. The van der Waals surface area contributed by atoms with Gasteiger partial charge in [0.05, 0.1) is 17.7 Å². The fourth-order valence-corrected chi connectivity index (χ4v) is 5.37. The molecule has 1 aliphatic heterocycles. The van der Waals surface area contributed by atoms with E-state index in [2.05, 4.69) is 4.98 Å². The Hall–Kier alpha value is -2.91. The lowest BCUT2D eigenvalue weighted by molar-refractivity contribution is -0.137. The third-order valence-electron chi connectivity index (χ3n) is 5.49. The highest BCUT2D eigenvalue weighted by Crippen LogP contribution is 2.39. The van der Waals surface area contributed by atoms with E-state index in [-0.39, 0.29) is 27.6 Å². The van der Waals surface area contributed by atoms with Gasteiger partial charge in [-0.3, -0.25) is 9.78 Å². The van der Waals surface area contributed by atoms with Gasteiger partial charge in [-0.2, -0.15) is 13.2 Å². The van der Waals surface area contributed by atoms with Crippen LogP contribution in [0.3, 0.4) is 0 Å². The van der Waals surface area contributed by atoms with Crippen molar-refractivity contribution in [3.05, 3.63) is 81.6 Å². The first-order valence-electron chi connectivity index (χ1n) is 9.40. The number of aromatic nitrogens is 1. The van der Waals surface area contributed by atoms with Crippen LogP contribution < -0.4 is 0 Å². The number of fused-ring (bicyclic) bond motifs is 1. The number of pyridine rings is 1. The Labute approximate surface area is 187 Å². The first kappa shape index (κ1) is 22.3. The Balaban J connectivity index is 1.74. The molecule has 0 saturated carbocycles. The van der Waals surface area contributed by atoms with Crippen LogP contribution in [-0.2, 0) is 22.7 Å². The SMILES string of the molecule is Cc1nccc(CN2C(=O)c3cc(-c4ccc(C(F)(F)F)cc4Cl)ccc3S2(=O)=O)c1C. The number of nitrogens with zero attached hydrogens (tertiary/aromatic N) is 2. The molecule has 4 rings (SSSR count). The highest BCUT2D eigenvalue weighted by Gasteiger charge is 2.41. The fourth-order valence-electron chi connectivity index (χ4n) is 3.55. The van der Waals surface area contributed by atoms with Crippen LogP contribution in [-0.4, -0.2) is 23.6 Å². The Morgan fingerprint density at radius 2 is 1.75 bits per heavy atom. The van der Waals surface area contributed by atoms with Crippen molar-refractivity contribution in [2.45, 2.75) is 31.5 Å². The molecule has 0 N–H and O–H groups in total. The van der Waals surface area contributed by atoms with Crippen molar-refractivity contribution in [2.24, 2.45) is 0 Å². The van der Waals surface area contributed by atoms with E-state index < -0.39 is 27.7 Å². The first-order valence-corrected chi connectivity index (χ1v) is 11.2. The Kier molecular flexibility index (Phi) is 5.29. The molecule has 3 aromatic rings. The highest BCUT2D eigenvalue weighted by molar-refractivity contribution is 7.90. The summed E-state index contributed by atoms with van der Waals surface area (Å²) in [6, 6.07) is 8.56. The molecule has 10 heteroatoms. The van der Waals surface area contributed by atoms with Gasteiger partial charge >= 0.3 is 6.18 Å². The number of hydrogen-bond donors (Lipinski definition) is 0. The molecule has 1 aliphatic rings. The molecule has 0 atom stereocenters. The Morgan fingerprint density at radius 1 is 1.03 bits per heavy atom. The molecular weight excluding hydrogens is 465 g/mol. The van der Waals surface area contributed by atoms with Gasteiger partial charge in [-0.15, -0.1) is 0 Å². The minimum Gasteiger partial charge on any atom is -0.268 e. The third-order valence-corrected chi connectivity index (χ3v) is 7.59. The van der Waals surface area contributed by atoms with E-state index >= 15 is 0 Å². The van der Waals surface area contributed by atoms with E-state index in [9.17, 15) is 26.4 Å². The first-order chi connectivity index (χ1) is 14.9. The van der Waals surface area contributed by atoms with Crippen molar-refractivity contribution >= 4 is 27.5 Å². The van der Waals surface area contributed by atoms with Gasteiger partial charge in [-0.25, -0.2) is 12.7 Å². The van der Waals surface area contributed by atoms with Gasteiger partial charge in [0, 0.05) is 22.5 Å². The van der Waals surface area contributed by atoms with Crippen molar-refractivity contribution in [3.63, 3.8) is 0 Å². The normalized spacial score (nSPS) is 15.2. The largest absolute Gasteiger partial charge is 0.416 e. The second-order valence-corrected chi connectivity index (χ2v) is 9.64. The highest BCUT2D eigenvalue weighted by atomic mass is 35.5. The van der Waals surface area contributed by atoms with Crippen molar-refractivity contribution in [1.29, 1.82) is 0 Å². The zero-order valence-electron chi connectivity index (χ0n) is 16.9. The second kappa shape index (κ2) is 7.60.